The van der Waals surface area contributed by atoms with E-state index in [0.29, 0.717) is 0 Å². The molecular weight excluding hydrogens is 130 g/mol. The Morgan fingerprint density at radius 2 is 1.40 bits per heavy atom. The SMILES string of the molecule is CO[P].Cl.Cl. The van der Waals surface area contributed by atoms with Crippen molar-refractivity contribution >= 4 is 34.3 Å². The summed E-state index contributed by atoms with van der Waals surface area (Å²) in [5.74, 6) is 0. The monoisotopic (exact) mass is 134 g/mol. The van der Waals surface area contributed by atoms with Gasteiger partial charge < -0.3 is 4.52 Å². The highest BCUT2D eigenvalue weighted by Gasteiger charge is 1.31. The summed E-state index contributed by atoms with van der Waals surface area (Å²) >= 11 is 0. The summed E-state index contributed by atoms with van der Waals surface area (Å²) in [6.07, 6.45) is 0. The lowest BCUT2D eigenvalue weighted by Crippen LogP contribution is -1.37. The van der Waals surface area contributed by atoms with Crippen LogP contribution < -0.4 is 0 Å². The Morgan fingerprint density at radius 3 is 1.40 bits per heavy atom. The van der Waals surface area contributed by atoms with Crippen LogP contribution in [0.25, 0.3) is 0 Å². The smallest absolute Gasteiger partial charge is 0.147 e. The van der Waals surface area contributed by atoms with Crippen molar-refractivity contribution in [3.05, 3.63) is 0 Å². The van der Waals surface area contributed by atoms with E-state index in [-0.39, 0.29) is 24.8 Å². The number of rotatable bonds is 0. The highest BCUT2D eigenvalue weighted by Crippen LogP contribution is 1.68. The Labute approximate surface area is 46.6 Å². The quantitative estimate of drug-likeness (QED) is 0.460. The summed E-state index contributed by atoms with van der Waals surface area (Å²) in [4.78, 5) is 0. The lowest BCUT2D eigenvalue weighted by molar-refractivity contribution is 0.488. The molecule has 0 spiro atoms. The van der Waals surface area contributed by atoms with Gasteiger partial charge in [0.05, 0.1) is 0 Å². The van der Waals surface area contributed by atoms with Gasteiger partial charge in [-0.3, -0.25) is 0 Å². The predicted molar refractivity (Wildman–Crippen MR) is 28.4 cm³/mol. The maximum atomic E-state index is 3.94. The number of hydrogen-bond donors (Lipinski definition) is 0. The minimum atomic E-state index is 0. The topological polar surface area (TPSA) is 9.23 Å². The summed E-state index contributed by atoms with van der Waals surface area (Å²) in [6, 6.07) is 0. The minimum Gasteiger partial charge on any atom is -0.348 e. The molecule has 0 fully saturated rings. The third-order valence-electron chi connectivity index (χ3n) is 0. The molecule has 0 aliphatic heterocycles. The average molecular weight is 135 g/mol. The van der Waals surface area contributed by atoms with Crippen molar-refractivity contribution in [2.24, 2.45) is 0 Å². The van der Waals surface area contributed by atoms with E-state index in [9.17, 15) is 0 Å². The molecule has 0 aromatic heterocycles. The summed E-state index contributed by atoms with van der Waals surface area (Å²) in [7, 11) is 4.78. The van der Waals surface area contributed by atoms with Crippen LogP contribution >= 0.6 is 34.3 Å². The van der Waals surface area contributed by atoms with Gasteiger partial charge in [0, 0.05) is 7.11 Å². The molecule has 0 unspecified atom stereocenters. The van der Waals surface area contributed by atoms with Crippen LogP contribution in [0.5, 0.6) is 0 Å². The maximum Gasteiger partial charge on any atom is 0.147 e. The fraction of sp³-hybridized carbons (Fsp3) is 1.00. The molecule has 0 aromatic carbocycles. The first kappa shape index (κ1) is 16.7. The molecular formula is CH5Cl2OP. The molecule has 1 nitrogen and oxygen atoms in total. The molecule has 0 aliphatic carbocycles. The van der Waals surface area contributed by atoms with E-state index in [1.165, 1.54) is 7.11 Å². The Kier molecular flexibility index (Phi) is 67.5. The second-order valence-corrected chi connectivity index (χ2v) is 0.548. The molecule has 0 saturated carbocycles. The summed E-state index contributed by atoms with van der Waals surface area (Å²) < 4.78 is 3.94. The normalized spacial score (nSPS) is 3.60. The maximum absolute atomic E-state index is 3.94. The van der Waals surface area contributed by atoms with Crippen molar-refractivity contribution in [2.75, 3.05) is 7.11 Å². The molecule has 0 heterocycles. The fourth-order valence-corrected chi connectivity index (χ4v) is 0. The average Bonchev–Trinajstić information content (AvgIpc) is 0.918. The third-order valence-corrected chi connectivity index (χ3v) is 0. The molecule has 2 radical (unpaired) electrons. The Balaban J connectivity index is -0.0000000200. The molecule has 0 saturated heterocycles. The molecule has 0 N–H and O–H groups in total. The van der Waals surface area contributed by atoms with Gasteiger partial charge in [0.15, 0.2) is 0 Å². The second kappa shape index (κ2) is 20.2. The van der Waals surface area contributed by atoms with Crippen LogP contribution in [-0.4, -0.2) is 7.11 Å². The van der Waals surface area contributed by atoms with Crippen molar-refractivity contribution in [1.82, 2.24) is 0 Å². The fourth-order valence-electron chi connectivity index (χ4n) is 0. The van der Waals surface area contributed by atoms with Gasteiger partial charge in [0.1, 0.15) is 9.47 Å². The van der Waals surface area contributed by atoms with Crippen LogP contribution in [0.3, 0.4) is 0 Å². The molecule has 0 amide bonds. The van der Waals surface area contributed by atoms with E-state index in [1.54, 1.807) is 0 Å². The van der Waals surface area contributed by atoms with Crippen molar-refractivity contribution in [3.8, 4) is 0 Å². The lowest BCUT2D eigenvalue weighted by atomic mass is 11.8. The molecule has 0 atom stereocenters. The Hall–Kier alpha value is 0.970. The highest BCUT2D eigenvalue weighted by atomic mass is 35.5. The molecule has 0 aromatic rings. The van der Waals surface area contributed by atoms with E-state index in [0.717, 1.165) is 0 Å². The zero-order valence-electron chi connectivity index (χ0n) is 2.67. The van der Waals surface area contributed by atoms with Gasteiger partial charge >= 0.3 is 0 Å². The second-order valence-electron chi connectivity index (χ2n) is 0.183. The van der Waals surface area contributed by atoms with Crippen molar-refractivity contribution in [1.29, 1.82) is 0 Å². The minimum absolute atomic E-state index is 0. The molecule has 4 heteroatoms. The van der Waals surface area contributed by atoms with Crippen LogP contribution in [0.2, 0.25) is 0 Å². The van der Waals surface area contributed by atoms with Gasteiger partial charge in [-0.2, -0.15) is 0 Å². The van der Waals surface area contributed by atoms with Crippen LogP contribution in [-0.2, 0) is 4.52 Å². The first-order valence-electron chi connectivity index (χ1n) is 0.591. The largest absolute Gasteiger partial charge is 0.348 e. The zero-order valence-corrected chi connectivity index (χ0v) is 5.20. The van der Waals surface area contributed by atoms with Gasteiger partial charge in [-0.25, -0.2) is 0 Å². The van der Waals surface area contributed by atoms with Gasteiger partial charge in [-0.1, -0.05) is 0 Å². The lowest BCUT2D eigenvalue weighted by Gasteiger charge is -1.56. The molecule has 0 rings (SSSR count). The standard InChI is InChI=1S/CH3OP.2ClH/c1-2-3;;/h1H3;2*1H. The Morgan fingerprint density at radius 1 is 1.40 bits per heavy atom. The number of hydrogen-bond acceptors (Lipinski definition) is 1. The molecule has 5 heavy (non-hydrogen) atoms. The van der Waals surface area contributed by atoms with E-state index in [2.05, 4.69) is 14.0 Å². The van der Waals surface area contributed by atoms with Gasteiger partial charge in [-0.05, 0) is 0 Å². The molecule has 34 valence electrons. The summed E-state index contributed by atoms with van der Waals surface area (Å²) in [5, 5.41) is 0. The predicted octanol–water partition coefficient (Wildman–Crippen LogP) is 1.80. The van der Waals surface area contributed by atoms with E-state index in [1.807, 2.05) is 0 Å². The first-order valence-corrected chi connectivity index (χ1v) is 0.956. The van der Waals surface area contributed by atoms with E-state index < -0.39 is 0 Å². The Bertz CT molecular complexity index is 9.61. The van der Waals surface area contributed by atoms with Gasteiger partial charge in [-0.15, -0.1) is 24.8 Å². The van der Waals surface area contributed by atoms with Crippen molar-refractivity contribution in [2.45, 2.75) is 0 Å². The van der Waals surface area contributed by atoms with Crippen molar-refractivity contribution in [3.63, 3.8) is 0 Å². The highest BCUT2D eigenvalue weighted by molar-refractivity contribution is 7.09. The molecule has 0 bridgehead atoms. The van der Waals surface area contributed by atoms with E-state index in [4.69, 9.17) is 0 Å². The van der Waals surface area contributed by atoms with Gasteiger partial charge in [0.2, 0.25) is 0 Å². The van der Waals surface area contributed by atoms with Crippen molar-refractivity contribution < 1.29 is 4.52 Å². The van der Waals surface area contributed by atoms with E-state index >= 15 is 0 Å². The third kappa shape index (κ3) is 46.6. The summed E-state index contributed by atoms with van der Waals surface area (Å²) in [6.45, 7) is 0. The first-order chi connectivity index (χ1) is 1.41. The van der Waals surface area contributed by atoms with Crippen LogP contribution in [0, 0.1) is 0 Å². The van der Waals surface area contributed by atoms with Gasteiger partial charge in [0.25, 0.3) is 0 Å². The zero-order chi connectivity index (χ0) is 2.71. The number of halogens is 2. The van der Waals surface area contributed by atoms with Crippen LogP contribution in [0.1, 0.15) is 0 Å². The van der Waals surface area contributed by atoms with Crippen LogP contribution in [0.15, 0.2) is 0 Å². The van der Waals surface area contributed by atoms with Crippen LogP contribution in [0.4, 0.5) is 0 Å². The summed E-state index contributed by atoms with van der Waals surface area (Å²) in [5.41, 5.74) is 0. The molecule has 0 aliphatic rings.